The highest BCUT2D eigenvalue weighted by Gasteiger charge is 2.09. The lowest BCUT2D eigenvalue weighted by Crippen LogP contribution is -2.34. The van der Waals surface area contributed by atoms with Crippen molar-refractivity contribution in [2.45, 2.75) is 52.4 Å². The van der Waals surface area contributed by atoms with E-state index in [9.17, 15) is 4.79 Å². The van der Waals surface area contributed by atoms with Crippen LogP contribution in [0.25, 0.3) is 0 Å². The van der Waals surface area contributed by atoms with Gasteiger partial charge in [-0.3, -0.25) is 10.1 Å². The third kappa shape index (κ3) is 8.82. The highest BCUT2D eigenvalue weighted by Crippen LogP contribution is 2.18. The van der Waals surface area contributed by atoms with Gasteiger partial charge in [-0.25, -0.2) is 0 Å². The summed E-state index contributed by atoms with van der Waals surface area (Å²) in [4.78, 5) is 12.4. The number of unbranched alkanes of at least 4 members (excludes halogenated alkanes) is 4. The van der Waals surface area contributed by atoms with E-state index in [1.807, 2.05) is 31.2 Å². The van der Waals surface area contributed by atoms with Crippen molar-refractivity contribution in [1.29, 1.82) is 0 Å². The van der Waals surface area contributed by atoms with Crippen molar-refractivity contribution >= 4 is 28.9 Å². The topological polar surface area (TPSA) is 59.6 Å². The number of rotatable bonds is 12. The van der Waals surface area contributed by atoms with Crippen LogP contribution in [0.3, 0.4) is 0 Å². The van der Waals surface area contributed by atoms with Gasteiger partial charge in [0.25, 0.3) is 5.91 Å². The summed E-state index contributed by atoms with van der Waals surface area (Å²) in [5.41, 5.74) is 1.29. The Hall–Kier alpha value is -2.60. The average Bonchev–Trinajstić information content (AvgIpc) is 2.75. The van der Waals surface area contributed by atoms with Crippen LogP contribution in [0.5, 0.6) is 11.5 Å². The number of hydrogen-bond acceptors (Lipinski definition) is 4. The van der Waals surface area contributed by atoms with Crippen LogP contribution < -0.4 is 20.1 Å². The number of nitrogens with one attached hydrogen (secondary N) is 2. The van der Waals surface area contributed by atoms with Crippen LogP contribution in [0, 0.1) is 0 Å². The van der Waals surface area contributed by atoms with Gasteiger partial charge in [-0.05, 0) is 61.5 Å². The average molecular weight is 429 g/mol. The maximum Gasteiger partial charge on any atom is 0.257 e. The summed E-state index contributed by atoms with van der Waals surface area (Å²) in [6.45, 7) is 5.61. The number of carbonyl (C=O) groups excluding carboxylic acids is 1. The third-order valence-electron chi connectivity index (χ3n) is 4.42. The van der Waals surface area contributed by atoms with E-state index >= 15 is 0 Å². The van der Waals surface area contributed by atoms with Gasteiger partial charge in [0.2, 0.25) is 0 Å². The van der Waals surface area contributed by atoms with E-state index in [2.05, 4.69) is 17.6 Å². The Kier molecular flexibility index (Phi) is 10.7. The maximum atomic E-state index is 12.4. The first-order valence-electron chi connectivity index (χ1n) is 10.7. The zero-order valence-corrected chi connectivity index (χ0v) is 18.7. The highest BCUT2D eigenvalue weighted by atomic mass is 32.1. The van der Waals surface area contributed by atoms with E-state index in [1.54, 1.807) is 24.3 Å². The number of thiocarbonyl (C=S) groups is 1. The molecule has 0 radical (unpaired) electrons. The first kappa shape index (κ1) is 23.7. The summed E-state index contributed by atoms with van der Waals surface area (Å²) in [5, 5.41) is 5.97. The van der Waals surface area contributed by atoms with Crippen molar-refractivity contribution in [2.75, 3.05) is 18.5 Å². The van der Waals surface area contributed by atoms with Gasteiger partial charge in [-0.15, -0.1) is 0 Å². The summed E-state index contributed by atoms with van der Waals surface area (Å²) in [7, 11) is 0. The molecule has 0 aromatic heterocycles. The molecule has 0 saturated heterocycles. The highest BCUT2D eigenvalue weighted by molar-refractivity contribution is 7.80. The zero-order valence-electron chi connectivity index (χ0n) is 17.9. The second-order valence-corrected chi connectivity index (χ2v) is 7.48. The fourth-order valence-electron chi connectivity index (χ4n) is 2.82. The number of hydrogen-bond donors (Lipinski definition) is 2. The Morgan fingerprint density at radius 2 is 1.60 bits per heavy atom. The number of benzene rings is 2. The van der Waals surface area contributed by atoms with Crippen molar-refractivity contribution in [1.82, 2.24) is 5.32 Å². The number of carbonyl (C=O) groups is 1. The van der Waals surface area contributed by atoms with Crippen LogP contribution >= 0.6 is 12.2 Å². The van der Waals surface area contributed by atoms with Gasteiger partial charge in [0, 0.05) is 17.3 Å². The second kappa shape index (κ2) is 13.6. The molecule has 2 aromatic rings. The molecule has 6 heteroatoms. The minimum absolute atomic E-state index is 0.239. The van der Waals surface area contributed by atoms with Crippen LogP contribution in [0.4, 0.5) is 5.69 Å². The van der Waals surface area contributed by atoms with Gasteiger partial charge < -0.3 is 14.8 Å². The molecule has 30 heavy (non-hydrogen) atoms. The largest absolute Gasteiger partial charge is 0.494 e. The van der Waals surface area contributed by atoms with Gasteiger partial charge in [-0.2, -0.15) is 0 Å². The second-order valence-electron chi connectivity index (χ2n) is 7.07. The van der Waals surface area contributed by atoms with E-state index in [1.165, 1.54) is 25.7 Å². The molecule has 5 nitrogen and oxygen atoms in total. The minimum atomic E-state index is -0.269. The smallest absolute Gasteiger partial charge is 0.257 e. The number of ether oxygens (including phenoxy) is 2. The lowest BCUT2D eigenvalue weighted by atomic mass is 10.2. The van der Waals surface area contributed by atoms with Crippen molar-refractivity contribution in [3.05, 3.63) is 54.1 Å². The van der Waals surface area contributed by atoms with Gasteiger partial charge in [0.1, 0.15) is 11.5 Å². The fourth-order valence-corrected chi connectivity index (χ4v) is 3.03. The molecule has 0 unspecified atom stereocenters. The SMILES string of the molecule is CCCCCCCOc1cccc(NC(=S)NC(=O)c2ccc(OCCC)cc2)c1. The molecule has 0 spiro atoms. The Bertz CT molecular complexity index is 793. The van der Waals surface area contributed by atoms with Gasteiger partial charge in [0.05, 0.1) is 13.2 Å². The zero-order chi connectivity index (χ0) is 21.6. The molecule has 2 rings (SSSR count). The van der Waals surface area contributed by atoms with E-state index in [4.69, 9.17) is 21.7 Å². The van der Waals surface area contributed by atoms with Crippen LogP contribution in [0.15, 0.2) is 48.5 Å². The predicted molar refractivity (Wildman–Crippen MR) is 127 cm³/mol. The first-order chi connectivity index (χ1) is 14.6. The molecule has 0 aliphatic heterocycles. The van der Waals surface area contributed by atoms with E-state index in [0.29, 0.717) is 18.8 Å². The minimum Gasteiger partial charge on any atom is -0.494 e. The Balaban J connectivity index is 1.79. The molecule has 0 saturated carbocycles. The molecule has 162 valence electrons. The summed E-state index contributed by atoms with van der Waals surface area (Å²) >= 11 is 5.28. The summed E-state index contributed by atoms with van der Waals surface area (Å²) in [6.07, 6.45) is 6.95. The maximum absolute atomic E-state index is 12.4. The molecule has 0 heterocycles. The third-order valence-corrected chi connectivity index (χ3v) is 4.63. The molecule has 0 bridgehead atoms. The summed E-state index contributed by atoms with van der Waals surface area (Å²) < 4.78 is 11.3. The van der Waals surface area contributed by atoms with Gasteiger partial charge >= 0.3 is 0 Å². The standard InChI is InChI=1S/C24H32N2O3S/c1-3-5-6-7-8-17-29-22-11-9-10-20(18-22)25-24(30)26-23(27)19-12-14-21(15-13-19)28-16-4-2/h9-15,18H,3-8,16-17H2,1-2H3,(H2,25,26,27,30). The predicted octanol–water partition coefficient (Wildman–Crippen LogP) is 5.95. The van der Waals surface area contributed by atoms with Crippen LogP contribution in [-0.2, 0) is 0 Å². The Morgan fingerprint density at radius 3 is 2.33 bits per heavy atom. The van der Waals surface area contributed by atoms with Crippen molar-refractivity contribution in [3.8, 4) is 11.5 Å². The molecule has 0 aliphatic carbocycles. The molecule has 2 aromatic carbocycles. The van der Waals surface area contributed by atoms with Crippen LogP contribution in [0.1, 0.15) is 62.7 Å². The van der Waals surface area contributed by atoms with Crippen molar-refractivity contribution in [2.24, 2.45) is 0 Å². The molecular formula is C24H32N2O3S. The quantitative estimate of drug-likeness (QED) is 0.323. The van der Waals surface area contributed by atoms with Crippen LogP contribution in [0.2, 0.25) is 0 Å². The van der Waals surface area contributed by atoms with Gasteiger partial charge in [0.15, 0.2) is 5.11 Å². The normalized spacial score (nSPS) is 10.3. The molecule has 0 fully saturated rings. The molecule has 2 N–H and O–H groups in total. The van der Waals surface area contributed by atoms with Gasteiger partial charge in [-0.1, -0.05) is 45.6 Å². The number of amides is 1. The van der Waals surface area contributed by atoms with Crippen molar-refractivity contribution in [3.63, 3.8) is 0 Å². The molecule has 0 atom stereocenters. The van der Waals surface area contributed by atoms with E-state index in [-0.39, 0.29) is 11.0 Å². The summed E-state index contributed by atoms with van der Waals surface area (Å²) in [6, 6.07) is 14.6. The lowest BCUT2D eigenvalue weighted by molar-refractivity contribution is 0.0977. The molecular weight excluding hydrogens is 396 g/mol. The Morgan fingerprint density at radius 1 is 0.867 bits per heavy atom. The Labute approximate surface area is 185 Å². The van der Waals surface area contributed by atoms with E-state index in [0.717, 1.165) is 30.0 Å². The summed E-state index contributed by atoms with van der Waals surface area (Å²) in [5.74, 6) is 1.26. The van der Waals surface area contributed by atoms with E-state index < -0.39 is 0 Å². The monoisotopic (exact) mass is 428 g/mol. The molecule has 1 amide bonds. The fraction of sp³-hybridized carbons (Fsp3) is 0.417. The van der Waals surface area contributed by atoms with Crippen molar-refractivity contribution < 1.29 is 14.3 Å². The molecule has 0 aliphatic rings. The number of anilines is 1. The lowest BCUT2D eigenvalue weighted by Gasteiger charge is -2.12. The first-order valence-corrected chi connectivity index (χ1v) is 11.1. The van der Waals surface area contributed by atoms with Crippen LogP contribution in [-0.4, -0.2) is 24.2 Å².